The highest BCUT2D eigenvalue weighted by molar-refractivity contribution is 5.94. The fourth-order valence-electron chi connectivity index (χ4n) is 8.15. The van der Waals surface area contributed by atoms with Crippen molar-refractivity contribution in [1.29, 1.82) is 0 Å². The monoisotopic (exact) mass is 711 g/mol. The van der Waals surface area contributed by atoms with Crippen LogP contribution in [0.15, 0.2) is 140 Å². The summed E-state index contributed by atoms with van der Waals surface area (Å²) in [7, 11) is 3.12. The molecule has 1 heterocycles. The van der Waals surface area contributed by atoms with E-state index in [1.54, 1.807) is 14.2 Å². The standard InChI is InChI=1S/C45H45NO7/c1-50-44(51-2,53-45(32-17-6-3-7-18-32,33-19-8-4-9-20-33)34-21-10-5-11-22-34)29-35-23-16-28-46(35)30-40(42(47)48)43(49)52-31-41-38-26-14-12-24-36(38)37-25-13-15-27-39(37)41/h3-15,17-22,24-27,35,40-41H,16,23,28-31H2,1-2H3,(H,47,48)/t35-,40?/m0/s1. The Morgan fingerprint density at radius 2 is 1.19 bits per heavy atom. The van der Waals surface area contributed by atoms with Crippen molar-refractivity contribution in [3.63, 3.8) is 0 Å². The number of carbonyl (C=O) groups is 2. The van der Waals surface area contributed by atoms with Gasteiger partial charge in [-0.15, -0.1) is 0 Å². The summed E-state index contributed by atoms with van der Waals surface area (Å²) in [6.45, 7) is 0.655. The van der Waals surface area contributed by atoms with Gasteiger partial charge in [0.25, 0.3) is 5.97 Å². The largest absolute Gasteiger partial charge is 0.481 e. The first-order valence-corrected chi connectivity index (χ1v) is 18.2. The van der Waals surface area contributed by atoms with Crippen LogP contribution in [0.5, 0.6) is 0 Å². The molecule has 7 rings (SSSR count). The van der Waals surface area contributed by atoms with Crippen LogP contribution in [-0.2, 0) is 34.1 Å². The average Bonchev–Trinajstić information content (AvgIpc) is 3.79. The lowest BCUT2D eigenvalue weighted by molar-refractivity contribution is -0.393. The number of carbonyl (C=O) groups excluding carboxylic acids is 1. The highest BCUT2D eigenvalue weighted by atomic mass is 16.9. The van der Waals surface area contributed by atoms with E-state index in [1.165, 1.54) is 0 Å². The number of carboxylic acid groups (broad SMARTS) is 1. The normalized spacial score (nSPS) is 16.5. The Labute approximate surface area is 310 Å². The summed E-state index contributed by atoms with van der Waals surface area (Å²) in [4.78, 5) is 28.3. The molecule has 1 aliphatic heterocycles. The fraction of sp³-hybridized carbons (Fsp3) is 0.289. The van der Waals surface area contributed by atoms with E-state index >= 15 is 0 Å². The molecule has 5 aromatic rings. The van der Waals surface area contributed by atoms with E-state index in [0.29, 0.717) is 6.54 Å². The predicted molar refractivity (Wildman–Crippen MR) is 202 cm³/mol. The predicted octanol–water partition coefficient (Wildman–Crippen LogP) is 7.85. The molecular weight excluding hydrogens is 666 g/mol. The Hall–Kier alpha value is -5.12. The molecule has 1 aliphatic carbocycles. The van der Waals surface area contributed by atoms with Gasteiger partial charge in [-0.2, -0.15) is 0 Å². The zero-order valence-corrected chi connectivity index (χ0v) is 30.1. The second kappa shape index (κ2) is 15.9. The third-order valence-electron chi connectivity index (χ3n) is 10.8. The lowest BCUT2D eigenvalue weighted by atomic mass is 9.80. The maximum Gasteiger partial charge on any atom is 0.321 e. The number of aliphatic carboxylic acids is 1. The molecule has 1 fully saturated rings. The van der Waals surface area contributed by atoms with Gasteiger partial charge in [-0.05, 0) is 58.3 Å². The molecule has 53 heavy (non-hydrogen) atoms. The number of likely N-dealkylation sites (tertiary alicyclic amines) is 1. The first-order chi connectivity index (χ1) is 25.9. The number of esters is 1. The van der Waals surface area contributed by atoms with E-state index in [0.717, 1.165) is 51.8 Å². The second-order valence-corrected chi connectivity index (χ2v) is 13.7. The summed E-state index contributed by atoms with van der Waals surface area (Å²) >= 11 is 0. The highest BCUT2D eigenvalue weighted by Gasteiger charge is 2.49. The molecule has 1 saturated heterocycles. The van der Waals surface area contributed by atoms with Gasteiger partial charge in [-0.1, -0.05) is 140 Å². The van der Waals surface area contributed by atoms with Crippen molar-refractivity contribution in [2.45, 2.75) is 42.8 Å². The van der Waals surface area contributed by atoms with Gasteiger partial charge in [0.15, 0.2) is 5.92 Å². The first-order valence-electron chi connectivity index (χ1n) is 18.2. The first kappa shape index (κ1) is 36.2. The van der Waals surface area contributed by atoms with E-state index in [9.17, 15) is 14.7 Å². The van der Waals surface area contributed by atoms with E-state index in [1.807, 2.05) is 132 Å². The number of carboxylic acids is 1. The fourth-order valence-corrected chi connectivity index (χ4v) is 8.15. The second-order valence-electron chi connectivity index (χ2n) is 13.7. The molecular formula is C45H45NO7. The summed E-state index contributed by atoms with van der Waals surface area (Å²) in [6, 6.07) is 45.9. The Morgan fingerprint density at radius 1 is 0.717 bits per heavy atom. The van der Waals surface area contributed by atoms with Gasteiger partial charge in [-0.3, -0.25) is 14.5 Å². The van der Waals surface area contributed by atoms with E-state index in [4.69, 9.17) is 18.9 Å². The molecule has 2 atom stereocenters. The summed E-state index contributed by atoms with van der Waals surface area (Å²) in [5, 5.41) is 10.4. The Balaban J connectivity index is 1.13. The van der Waals surface area contributed by atoms with Gasteiger partial charge in [0.05, 0.1) is 0 Å². The van der Waals surface area contributed by atoms with Crippen LogP contribution in [0, 0.1) is 5.92 Å². The van der Waals surface area contributed by atoms with Gasteiger partial charge >= 0.3 is 11.9 Å². The van der Waals surface area contributed by atoms with E-state index in [-0.39, 0.29) is 31.5 Å². The van der Waals surface area contributed by atoms with Crippen LogP contribution in [0.3, 0.4) is 0 Å². The van der Waals surface area contributed by atoms with Crippen molar-refractivity contribution in [1.82, 2.24) is 4.90 Å². The van der Waals surface area contributed by atoms with Crippen LogP contribution >= 0.6 is 0 Å². The Kier molecular flexibility index (Phi) is 10.8. The molecule has 0 spiro atoms. The van der Waals surface area contributed by atoms with Crippen LogP contribution < -0.4 is 0 Å². The molecule has 0 aromatic heterocycles. The molecule has 8 nitrogen and oxygen atoms in total. The Morgan fingerprint density at radius 3 is 1.66 bits per heavy atom. The van der Waals surface area contributed by atoms with Crippen LogP contribution in [-0.4, -0.2) is 67.9 Å². The molecule has 2 aliphatic rings. The summed E-state index contributed by atoms with van der Waals surface area (Å²) in [6.07, 6.45) is 1.81. The highest BCUT2D eigenvalue weighted by Crippen LogP contribution is 2.46. The van der Waals surface area contributed by atoms with Crippen LogP contribution in [0.1, 0.15) is 53.0 Å². The van der Waals surface area contributed by atoms with Gasteiger partial charge in [0, 0.05) is 39.1 Å². The lowest BCUT2D eigenvalue weighted by Crippen LogP contribution is -2.51. The van der Waals surface area contributed by atoms with Crippen LogP contribution in [0.25, 0.3) is 11.1 Å². The van der Waals surface area contributed by atoms with Gasteiger partial charge in [0.2, 0.25) is 0 Å². The molecule has 0 amide bonds. The van der Waals surface area contributed by atoms with Crippen molar-refractivity contribution in [3.8, 4) is 11.1 Å². The van der Waals surface area contributed by atoms with Crippen LogP contribution in [0.4, 0.5) is 0 Å². The number of benzene rings is 5. The Bertz CT molecular complexity index is 1860. The molecule has 0 bridgehead atoms. The number of methoxy groups -OCH3 is 2. The zero-order valence-electron chi connectivity index (χ0n) is 30.1. The minimum Gasteiger partial charge on any atom is -0.481 e. The number of rotatable bonds is 15. The summed E-state index contributed by atoms with van der Waals surface area (Å²) in [5.41, 5.74) is 5.89. The number of hydrogen-bond acceptors (Lipinski definition) is 7. The molecule has 5 aromatic carbocycles. The number of nitrogens with zero attached hydrogens (tertiary/aromatic N) is 1. The quantitative estimate of drug-likeness (QED) is 0.0508. The minimum atomic E-state index is -1.56. The topological polar surface area (TPSA) is 94.5 Å². The van der Waals surface area contributed by atoms with E-state index < -0.39 is 29.4 Å². The maximum absolute atomic E-state index is 13.6. The molecule has 272 valence electrons. The van der Waals surface area contributed by atoms with Gasteiger partial charge < -0.3 is 24.1 Å². The smallest absolute Gasteiger partial charge is 0.321 e. The van der Waals surface area contributed by atoms with Gasteiger partial charge in [-0.25, -0.2) is 0 Å². The van der Waals surface area contributed by atoms with Crippen molar-refractivity contribution >= 4 is 11.9 Å². The van der Waals surface area contributed by atoms with Crippen molar-refractivity contribution < 1.29 is 33.6 Å². The van der Waals surface area contributed by atoms with Crippen LogP contribution in [0.2, 0.25) is 0 Å². The van der Waals surface area contributed by atoms with E-state index in [2.05, 4.69) is 12.1 Å². The molecule has 1 N–H and O–H groups in total. The number of fused-ring (bicyclic) bond motifs is 3. The van der Waals surface area contributed by atoms with Gasteiger partial charge in [0.1, 0.15) is 12.2 Å². The van der Waals surface area contributed by atoms with Crippen molar-refractivity contribution in [3.05, 3.63) is 167 Å². The molecule has 1 unspecified atom stereocenters. The lowest BCUT2D eigenvalue weighted by Gasteiger charge is -2.44. The number of hydrogen-bond donors (Lipinski definition) is 1. The molecule has 0 radical (unpaired) electrons. The maximum atomic E-state index is 13.6. The molecule has 8 heteroatoms. The van der Waals surface area contributed by atoms with Crippen molar-refractivity contribution in [2.75, 3.05) is 33.9 Å². The third-order valence-corrected chi connectivity index (χ3v) is 10.8. The SMILES string of the molecule is COC(C[C@@H]1CCCN1CC(C(=O)O)C(=O)OCC1c2ccccc2-c2ccccc21)(OC)OC(c1ccccc1)(c1ccccc1)c1ccccc1. The summed E-state index contributed by atoms with van der Waals surface area (Å²) < 4.78 is 25.5. The third kappa shape index (κ3) is 7.15. The van der Waals surface area contributed by atoms with Crippen molar-refractivity contribution in [2.24, 2.45) is 5.92 Å². The molecule has 0 saturated carbocycles. The number of ether oxygens (including phenoxy) is 4. The summed E-state index contributed by atoms with van der Waals surface area (Å²) in [5.74, 6) is -5.06. The average molecular weight is 712 g/mol. The minimum absolute atomic E-state index is 0.0125. The zero-order chi connectivity index (χ0) is 36.8.